The summed E-state index contributed by atoms with van der Waals surface area (Å²) in [6, 6.07) is 5.43. The average Bonchev–Trinajstić information content (AvgIpc) is 2.14. The molecule has 1 aromatic rings. The second kappa shape index (κ2) is 3.81. The van der Waals surface area contributed by atoms with E-state index in [2.05, 4.69) is 12.2 Å². The highest BCUT2D eigenvalue weighted by Crippen LogP contribution is 2.34. The van der Waals surface area contributed by atoms with E-state index in [9.17, 15) is 4.79 Å². The predicted molar refractivity (Wildman–Crippen MR) is 64.0 cm³/mol. The van der Waals surface area contributed by atoms with Gasteiger partial charge in [-0.3, -0.25) is 0 Å². The van der Waals surface area contributed by atoms with Crippen molar-refractivity contribution in [1.29, 1.82) is 0 Å². The first kappa shape index (κ1) is 11.0. The van der Waals surface area contributed by atoms with E-state index in [0.717, 1.165) is 11.3 Å². The van der Waals surface area contributed by atoms with Crippen molar-refractivity contribution in [2.75, 3.05) is 5.32 Å². The lowest BCUT2D eigenvalue weighted by Gasteiger charge is -2.40. The van der Waals surface area contributed by atoms with Gasteiger partial charge in [0.25, 0.3) is 0 Å². The first-order valence-electron chi connectivity index (χ1n) is 5.62. The molecule has 2 N–H and O–H groups in total. The number of hydrogen-bond acceptors (Lipinski definition) is 2. The van der Waals surface area contributed by atoms with E-state index in [1.54, 1.807) is 6.07 Å². The zero-order chi connectivity index (χ0) is 11.8. The van der Waals surface area contributed by atoms with Gasteiger partial charge >= 0.3 is 5.97 Å². The number of hydrogen-bond donors (Lipinski definition) is 2. The first-order valence-corrected chi connectivity index (χ1v) is 5.62. The predicted octanol–water partition coefficient (Wildman–Crippen LogP) is 3.05. The molecule has 16 heavy (non-hydrogen) atoms. The summed E-state index contributed by atoms with van der Waals surface area (Å²) < 4.78 is 0. The molecule has 0 atom stereocenters. The summed E-state index contributed by atoms with van der Waals surface area (Å²) in [6.45, 7) is 4.04. The van der Waals surface area contributed by atoms with Gasteiger partial charge in [0.05, 0.1) is 5.56 Å². The molecule has 1 aromatic carbocycles. The standard InChI is InChI=1S/C13H17NO2/c1-9-8-10(4-5-11(9)12(15)16)14-13(2)6-3-7-13/h4-5,8,14H,3,6-7H2,1-2H3,(H,15,16). The van der Waals surface area contributed by atoms with E-state index in [4.69, 9.17) is 5.11 Å². The van der Waals surface area contributed by atoms with Crippen molar-refractivity contribution < 1.29 is 9.90 Å². The summed E-state index contributed by atoms with van der Waals surface area (Å²) in [4.78, 5) is 10.9. The quantitative estimate of drug-likeness (QED) is 0.821. The van der Waals surface area contributed by atoms with Crippen LogP contribution in [0, 0.1) is 6.92 Å². The fourth-order valence-corrected chi connectivity index (χ4v) is 2.16. The molecule has 0 radical (unpaired) electrons. The van der Waals surface area contributed by atoms with Gasteiger partial charge in [-0.15, -0.1) is 0 Å². The zero-order valence-electron chi connectivity index (χ0n) is 9.71. The minimum absolute atomic E-state index is 0.206. The molecule has 0 spiro atoms. The van der Waals surface area contributed by atoms with Gasteiger partial charge < -0.3 is 10.4 Å². The zero-order valence-corrected chi connectivity index (χ0v) is 9.71. The second-order valence-corrected chi connectivity index (χ2v) is 4.87. The van der Waals surface area contributed by atoms with Crippen LogP contribution in [-0.2, 0) is 0 Å². The Labute approximate surface area is 95.5 Å². The Bertz CT molecular complexity index is 422. The average molecular weight is 219 g/mol. The summed E-state index contributed by atoms with van der Waals surface area (Å²) in [7, 11) is 0. The third-order valence-corrected chi connectivity index (χ3v) is 3.36. The number of carboxylic acid groups (broad SMARTS) is 1. The summed E-state index contributed by atoms with van der Waals surface area (Å²) >= 11 is 0. The molecule has 0 saturated heterocycles. The monoisotopic (exact) mass is 219 g/mol. The molecule has 0 unspecified atom stereocenters. The second-order valence-electron chi connectivity index (χ2n) is 4.87. The first-order chi connectivity index (χ1) is 7.50. The van der Waals surface area contributed by atoms with Crippen LogP contribution < -0.4 is 5.32 Å². The van der Waals surface area contributed by atoms with E-state index in [0.29, 0.717) is 5.56 Å². The Morgan fingerprint density at radius 2 is 2.12 bits per heavy atom. The van der Waals surface area contributed by atoms with Gasteiger partial charge in [0.2, 0.25) is 0 Å². The van der Waals surface area contributed by atoms with Crippen molar-refractivity contribution in [3.63, 3.8) is 0 Å². The Hall–Kier alpha value is -1.51. The molecule has 0 aliphatic heterocycles. The third kappa shape index (κ3) is 2.03. The van der Waals surface area contributed by atoms with E-state index < -0.39 is 5.97 Å². The maximum absolute atomic E-state index is 10.9. The Morgan fingerprint density at radius 3 is 2.56 bits per heavy atom. The lowest BCUT2D eigenvalue weighted by molar-refractivity contribution is 0.0696. The van der Waals surface area contributed by atoms with Crippen molar-refractivity contribution in [3.05, 3.63) is 29.3 Å². The molecular formula is C13H17NO2. The molecule has 1 saturated carbocycles. The van der Waals surface area contributed by atoms with Gasteiger partial charge in [-0.2, -0.15) is 0 Å². The molecule has 86 valence electrons. The topological polar surface area (TPSA) is 49.3 Å². The highest BCUT2D eigenvalue weighted by atomic mass is 16.4. The smallest absolute Gasteiger partial charge is 0.335 e. The number of aryl methyl sites for hydroxylation is 1. The van der Waals surface area contributed by atoms with E-state index in [1.165, 1.54) is 19.3 Å². The van der Waals surface area contributed by atoms with Crippen LogP contribution >= 0.6 is 0 Å². The van der Waals surface area contributed by atoms with Crippen molar-refractivity contribution in [2.24, 2.45) is 0 Å². The molecule has 1 aliphatic carbocycles. The highest BCUT2D eigenvalue weighted by Gasteiger charge is 2.31. The molecule has 0 aromatic heterocycles. The van der Waals surface area contributed by atoms with Gasteiger partial charge in [0, 0.05) is 11.2 Å². The largest absolute Gasteiger partial charge is 0.478 e. The van der Waals surface area contributed by atoms with E-state index in [1.807, 2.05) is 19.1 Å². The SMILES string of the molecule is Cc1cc(NC2(C)CCC2)ccc1C(=O)O. The van der Waals surface area contributed by atoms with E-state index >= 15 is 0 Å². The van der Waals surface area contributed by atoms with Crippen molar-refractivity contribution in [3.8, 4) is 0 Å². The number of benzene rings is 1. The molecule has 0 amide bonds. The van der Waals surface area contributed by atoms with Crippen LogP contribution in [0.4, 0.5) is 5.69 Å². The minimum Gasteiger partial charge on any atom is -0.478 e. The Morgan fingerprint density at radius 1 is 1.44 bits per heavy atom. The van der Waals surface area contributed by atoms with Gasteiger partial charge in [0.15, 0.2) is 0 Å². The molecule has 1 fully saturated rings. The molecule has 0 heterocycles. The van der Waals surface area contributed by atoms with Gasteiger partial charge in [0.1, 0.15) is 0 Å². The normalized spacial score (nSPS) is 17.6. The molecule has 3 nitrogen and oxygen atoms in total. The molecule has 3 heteroatoms. The molecule has 1 aliphatic rings. The van der Waals surface area contributed by atoms with Crippen LogP contribution in [-0.4, -0.2) is 16.6 Å². The number of carbonyl (C=O) groups is 1. The number of anilines is 1. The van der Waals surface area contributed by atoms with Crippen LogP contribution in [0.1, 0.15) is 42.1 Å². The fourth-order valence-electron chi connectivity index (χ4n) is 2.16. The van der Waals surface area contributed by atoms with E-state index in [-0.39, 0.29) is 5.54 Å². The Balaban J connectivity index is 2.18. The highest BCUT2D eigenvalue weighted by molar-refractivity contribution is 5.89. The summed E-state index contributed by atoms with van der Waals surface area (Å²) in [5.41, 5.74) is 2.41. The maximum atomic E-state index is 10.9. The van der Waals surface area contributed by atoms with Gasteiger partial charge in [-0.25, -0.2) is 4.79 Å². The van der Waals surface area contributed by atoms with Crippen molar-refractivity contribution in [2.45, 2.75) is 38.6 Å². The molecular weight excluding hydrogens is 202 g/mol. The Kier molecular flexibility index (Phi) is 2.62. The lowest BCUT2D eigenvalue weighted by atomic mass is 9.78. The van der Waals surface area contributed by atoms with Crippen LogP contribution in [0.15, 0.2) is 18.2 Å². The fraction of sp³-hybridized carbons (Fsp3) is 0.462. The van der Waals surface area contributed by atoms with Gasteiger partial charge in [-0.05, 0) is 56.9 Å². The maximum Gasteiger partial charge on any atom is 0.335 e. The lowest BCUT2D eigenvalue weighted by Crippen LogP contribution is -2.41. The summed E-state index contributed by atoms with van der Waals surface area (Å²) in [6.07, 6.45) is 3.65. The number of aromatic carboxylic acids is 1. The number of carboxylic acids is 1. The van der Waals surface area contributed by atoms with Crippen LogP contribution in [0.5, 0.6) is 0 Å². The minimum atomic E-state index is -0.862. The van der Waals surface area contributed by atoms with Crippen LogP contribution in [0.2, 0.25) is 0 Å². The summed E-state index contributed by atoms with van der Waals surface area (Å²) in [5.74, 6) is -0.862. The third-order valence-electron chi connectivity index (χ3n) is 3.36. The van der Waals surface area contributed by atoms with Crippen molar-refractivity contribution in [1.82, 2.24) is 0 Å². The van der Waals surface area contributed by atoms with Crippen molar-refractivity contribution >= 4 is 11.7 Å². The van der Waals surface area contributed by atoms with Crippen LogP contribution in [0.3, 0.4) is 0 Å². The van der Waals surface area contributed by atoms with Crippen LogP contribution in [0.25, 0.3) is 0 Å². The number of nitrogens with one attached hydrogen (secondary N) is 1. The molecule has 2 rings (SSSR count). The molecule has 0 bridgehead atoms. The summed E-state index contributed by atoms with van der Waals surface area (Å²) in [5, 5.41) is 12.4. The van der Waals surface area contributed by atoms with Gasteiger partial charge in [-0.1, -0.05) is 0 Å². The number of rotatable bonds is 3.